The number of aryl methyl sites for hydroxylation is 3. The fraction of sp³-hybridized carbons (Fsp3) is 0.188. The highest BCUT2D eigenvalue weighted by atomic mass is 32.1. The lowest BCUT2D eigenvalue weighted by atomic mass is 10.4. The van der Waals surface area contributed by atoms with Gasteiger partial charge in [0.2, 0.25) is 5.13 Å². The number of nitrogen functional groups attached to an aromatic ring is 1. The second kappa shape index (κ2) is 7.17. The van der Waals surface area contributed by atoms with Crippen LogP contribution >= 0.6 is 11.3 Å². The van der Waals surface area contributed by atoms with Gasteiger partial charge in [-0.3, -0.25) is 0 Å². The van der Waals surface area contributed by atoms with Crippen molar-refractivity contribution in [3.05, 3.63) is 46.3 Å². The van der Waals surface area contributed by atoms with E-state index >= 15 is 0 Å². The lowest BCUT2D eigenvalue weighted by Gasteiger charge is -2.00. The van der Waals surface area contributed by atoms with Crippen molar-refractivity contribution < 1.29 is 0 Å². The van der Waals surface area contributed by atoms with E-state index in [9.17, 15) is 0 Å². The Bertz CT molecular complexity index is 1260. The topological polar surface area (TPSA) is 142 Å². The largest absolute Gasteiger partial charge is 0.382 e. The molecule has 12 nitrogen and oxygen atoms in total. The van der Waals surface area contributed by atoms with Crippen molar-refractivity contribution in [3.8, 4) is 11.1 Å². The molecule has 0 amide bonds. The molecule has 4 heterocycles. The molecule has 0 unspecified atom stereocenters. The van der Waals surface area contributed by atoms with E-state index in [1.807, 2.05) is 6.92 Å². The summed E-state index contributed by atoms with van der Waals surface area (Å²) in [7, 11) is 0. The fourth-order valence-electron chi connectivity index (χ4n) is 2.54. The van der Waals surface area contributed by atoms with E-state index in [0.29, 0.717) is 28.2 Å². The van der Waals surface area contributed by atoms with Gasteiger partial charge in [-0.05, 0) is 26.8 Å². The Morgan fingerprint density at radius 2 is 1.76 bits per heavy atom. The summed E-state index contributed by atoms with van der Waals surface area (Å²) in [5.41, 5.74) is 7.87. The Morgan fingerprint density at radius 3 is 2.41 bits per heavy atom. The van der Waals surface area contributed by atoms with Crippen molar-refractivity contribution in [2.75, 3.05) is 5.73 Å². The smallest absolute Gasteiger partial charge is 0.255 e. The van der Waals surface area contributed by atoms with Crippen LogP contribution in [0.3, 0.4) is 0 Å². The zero-order valence-corrected chi connectivity index (χ0v) is 16.5. The van der Waals surface area contributed by atoms with E-state index in [4.69, 9.17) is 12.3 Å². The molecule has 0 aliphatic heterocycles. The summed E-state index contributed by atoms with van der Waals surface area (Å²) in [6.45, 7) is 12.8. The molecule has 0 saturated heterocycles. The molecule has 0 aromatic carbocycles. The summed E-state index contributed by atoms with van der Waals surface area (Å²) < 4.78 is 2.84. The van der Waals surface area contributed by atoms with Crippen molar-refractivity contribution in [2.24, 2.45) is 10.2 Å². The van der Waals surface area contributed by atoms with Crippen LogP contribution in [0.5, 0.6) is 0 Å². The maximum Gasteiger partial charge on any atom is 0.255 e. The van der Waals surface area contributed by atoms with Gasteiger partial charge in [-0.1, -0.05) is 11.3 Å². The maximum absolute atomic E-state index is 7.47. The minimum absolute atomic E-state index is 0.233. The fourth-order valence-corrected chi connectivity index (χ4v) is 3.18. The molecule has 2 N–H and O–H groups in total. The second-order valence-electron chi connectivity index (χ2n) is 5.86. The van der Waals surface area contributed by atoms with Crippen molar-refractivity contribution in [1.29, 1.82) is 0 Å². The molecule has 13 heteroatoms. The van der Waals surface area contributed by atoms with Crippen LogP contribution in [-0.4, -0.2) is 39.7 Å². The van der Waals surface area contributed by atoms with E-state index in [2.05, 4.69) is 45.4 Å². The molecule has 0 aliphatic carbocycles. The minimum atomic E-state index is 0.233. The van der Waals surface area contributed by atoms with E-state index in [1.54, 1.807) is 32.3 Å². The number of rotatable bonds is 4. The number of nitrogens with zero attached hydrogens (tertiary/aromatic N) is 11. The summed E-state index contributed by atoms with van der Waals surface area (Å²) in [5, 5.41) is 26.5. The monoisotopic (exact) mass is 406 g/mol. The van der Waals surface area contributed by atoms with Gasteiger partial charge in [0, 0.05) is 12.4 Å². The SMILES string of the molecule is [C-]#[N+]c1c(C)nn(-c2nnc(C)s2)c1/N=N/c1c(C)nn(-c2ncccn2)c1N. The minimum Gasteiger partial charge on any atom is -0.382 e. The van der Waals surface area contributed by atoms with Crippen LogP contribution in [0.2, 0.25) is 0 Å². The van der Waals surface area contributed by atoms with Crippen LogP contribution in [0.1, 0.15) is 16.4 Å². The Morgan fingerprint density at radius 1 is 1.03 bits per heavy atom. The zero-order chi connectivity index (χ0) is 20.5. The number of anilines is 1. The van der Waals surface area contributed by atoms with Gasteiger partial charge in [0.25, 0.3) is 11.6 Å². The van der Waals surface area contributed by atoms with Crippen LogP contribution in [0.25, 0.3) is 15.9 Å². The van der Waals surface area contributed by atoms with Gasteiger partial charge in [-0.15, -0.1) is 20.4 Å². The second-order valence-corrected chi connectivity index (χ2v) is 7.02. The quantitative estimate of drug-likeness (QED) is 0.405. The lowest BCUT2D eigenvalue weighted by molar-refractivity contribution is 0.805. The summed E-state index contributed by atoms with van der Waals surface area (Å²) in [6, 6.07) is 1.70. The highest BCUT2D eigenvalue weighted by Gasteiger charge is 2.20. The number of hydrogen-bond donors (Lipinski definition) is 1. The molecule has 144 valence electrons. The molecular formula is C16H14N12S. The molecule has 0 atom stereocenters. The zero-order valence-electron chi connectivity index (χ0n) is 15.6. The van der Waals surface area contributed by atoms with Crippen LogP contribution in [0.4, 0.5) is 23.0 Å². The first kappa shape index (κ1) is 18.3. The third kappa shape index (κ3) is 3.21. The molecule has 4 aromatic rings. The Kier molecular flexibility index (Phi) is 4.53. The first-order chi connectivity index (χ1) is 14.0. The Hall–Kier alpha value is -4.05. The molecule has 29 heavy (non-hydrogen) atoms. The molecule has 0 saturated carbocycles. The predicted molar refractivity (Wildman–Crippen MR) is 105 cm³/mol. The maximum atomic E-state index is 7.47. The van der Waals surface area contributed by atoms with Gasteiger partial charge in [-0.25, -0.2) is 14.8 Å². The third-order valence-electron chi connectivity index (χ3n) is 3.86. The average molecular weight is 406 g/mol. The summed E-state index contributed by atoms with van der Waals surface area (Å²) in [6.07, 6.45) is 3.18. The first-order valence-electron chi connectivity index (χ1n) is 8.31. The molecule has 4 aromatic heterocycles. The molecule has 4 rings (SSSR count). The Labute approximate surface area is 168 Å². The number of aromatic nitrogens is 8. The van der Waals surface area contributed by atoms with Crippen molar-refractivity contribution in [2.45, 2.75) is 20.8 Å². The summed E-state index contributed by atoms with van der Waals surface area (Å²) in [4.78, 5) is 11.8. The van der Waals surface area contributed by atoms with Crippen molar-refractivity contribution >= 4 is 34.3 Å². The molecule has 0 aliphatic rings. The third-order valence-corrected chi connectivity index (χ3v) is 4.68. The highest BCUT2D eigenvalue weighted by Crippen LogP contribution is 2.37. The summed E-state index contributed by atoms with van der Waals surface area (Å²) >= 11 is 1.33. The number of nitrogens with two attached hydrogens (primary N) is 1. The van der Waals surface area contributed by atoms with Crippen molar-refractivity contribution in [3.63, 3.8) is 0 Å². The summed E-state index contributed by atoms with van der Waals surface area (Å²) in [5.74, 6) is 0.800. The van der Waals surface area contributed by atoms with E-state index in [-0.39, 0.29) is 17.3 Å². The van der Waals surface area contributed by atoms with E-state index in [1.165, 1.54) is 20.7 Å². The predicted octanol–water partition coefficient (Wildman–Crippen LogP) is 3.17. The van der Waals surface area contributed by atoms with Crippen LogP contribution in [-0.2, 0) is 0 Å². The highest BCUT2D eigenvalue weighted by molar-refractivity contribution is 7.13. The van der Waals surface area contributed by atoms with E-state index in [0.717, 1.165) is 5.01 Å². The van der Waals surface area contributed by atoms with Crippen LogP contribution in [0.15, 0.2) is 28.7 Å². The van der Waals surface area contributed by atoms with E-state index < -0.39 is 0 Å². The normalized spacial score (nSPS) is 11.2. The lowest BCUT2D eigenvalue weighted by Crippen LogP contribution is -2.05. The molecular weight excluding hydrogens is 392 g/mol. The average Bonchev–Trinajstić information content (AvgIpc) is 3.37. The molecule has 0 spiro atoms. The van der Waals surface area contributed by atoms with Gasteiger partial charge in [0.1, 0.15) is 5.01 Å². The first-order valence-corrected chi connectivity index (χ1v) is 9.13. The Balaban J connectivity index is 1.80. The molecule has 0 bridgehead atoms. The van der Waals surface area contributed by atoms with Gasteiger partial charge < -0.3 is 5.73 Å². The van der Waals surface area contributed by atoms with Crippen molar-refractivity contribution in [1.82, 2.24) is 39.7 Å². The van der Waals surface area contributed by atoms with Gasteiger partial charge in [0.15, 0.2) is 17.3 Å². The molecule has 0 fully saturated rings. The van der Waals surface area contributed by atoms with Crippen LogP contribution < -0.4 is 5.73 Å². The molecule has 0 radical (unpaired) electrons. The standard InChI is InChI=1S/C16H14N12S/c1-8-11(13(17)27(25-8)15-19-6-5-7-20-15)22-23-14-12(18-4)9(2)26-28(14)16-24-21-10(3)29-16/h5-7H,17H2,1-3H3/b23-22+. The van der Waals surface area contributed by atoms with Gasteiger partial charge in [0.05, 0.1) is 18.0 Å². The number of azo groups is 1. The van der Waals surface area contributed by atoms with Gasteiger partial charge in [-0.2, -0.15) is 19.6 Å². The van der Waals surface area contributed by atoms with Crippen LogP contribution in [0, 0.1) is 27.3 Å². The van der Waals surface area contributed by atoms with Gasteiger partial charge >= 0.3 is 0 Å². The number of hydrogen-bond acceptors (Lipinski definition) is 10.